The molecule has 0 aliphatic carbocycles. The molecule has 0 radical (unpaired) electrons. The van der Waals surface area contributed by atoms with Gasteiger partial charge >= 0.3 is 0 Å². The van der Waals surface area contributed by atoms with Gasteiger partial charge in [-0.3, -0.25) is 0 Å². The van der Waals surface area contributed by atoms with E-state index in [-0.39, 0.29) is 0 Å². The summed E-state index contributed by atoms with van der Waals surface area (Å²) in [5, 5.41) is 0. The van der Waals surface area contributed by atoms with E-state index < -0.39 is 0 Å². The highest BCUT2D eigenvalue weighted by Crippen LogP contribution is 2.26. The van der Waals surface area contributed by atoms with Crippen molar-refractivity contribution in [2.24, 2.45) is 17.6 Å². The highest BCUT2D eigenvalue weighted by atomic mass is 16.5. The van der Waals surface area contributed by atoms with Crippen LogP contribution in [0, 0.1) is 11.8 Å². The van der Waals surface area contributed by atoms with Gasteiger partial charge in [0.1, 0.15) is 0 Å². The minimum Gasteiger partial charge on any atom is -0.378 e. The van der Waals surface area contributed by atoms with Crippen LogP contribution in [0.4, 0.5) is 0 Å². The van der Waals surface area contributed by atoms with E-state index in [1.165, 1.54) is 12.8 Å². The van der Waals surface area contributed by atoms with Gasteiger partial charge in [0.05, 0.1) is 12.7 Å². The van der Waals surface area contributed by atoms with Crippen LogP contribution in [0.25, 0.3) is 0 Å². The summed E-state index contributed by atoms with van der Waals surface area (Å²) >= 11 is 0. The van der Waals surface area contributed by atoms with Crippen LogP contribution >= 0.6 is 0 Å². The lowest BCUT2D eigenvalue weighted by atomic mass is 9.86. The van der Waals surface area contributed by atoms with Gasteiger partial charge in [0.25, 0.3) is 0 Å². The van der Waals surface area contributed by atoms with Crippen molar-refractivity contribution in [1.82, 2.24) is 0 Å². The zero-order chi connectivity index (χ0) is 9.84. The fraction of sp³-hybridized carbons (Fsp3) is 1.00. The van der Waals surface area contributed by atoms with E-state index in [0.29, 0.717) is 24.0 Å². The molecular weight excluding hydrogens is 162 g/mol. The Morgan fingerprint density at radius 2 is 2.23 bits per heavy atom. The lowest BCUT2D eigenvalue weighted by Crippen LogP contribution is -2.36. The van der Waals surface area contributed by atoms with E-state index >= 15 is 0 Å². The average molecular weight is 185 g/mol. The quantitative estimate of drug-likeness (QED) is 0.728. The molecule has 0 bridgehead atoms. The molecule has 1 aliphatic rings. The van der Waals surface area contributed by atoms with Gasteiger partial charge in [-0.05, 0) is 25.7 Å². The van der Waals surface area contributed by atoms with E-state index in [9.17, 15) is 0 Å². The Morgan fingerprint density at radius 1 is 1.54 bits per heavy atom. The van der Waals surface area contributed by atoms with Gasteiger partial charge in [0, 0.05) is 12.0 Å². The number of nitrogens with two attached hydrogens (primary N) is 1. The van der Waals surface area contributed by atoms with Crippen molar-refractivity contribution in [3.8, 4) is 0 Å². The molecule has 0 saturated carbocycles. The summed E-state index contributed by atoms with van der Waals surface area (Å²) in [6.07, 6.45) is 4.05. The van der Waals surface area contributed by atoms with Crippen LogP contribution in [0.2, 0.25) is 0 Å². The minimum atomic E-state index is 0.338. The van der Waals surface area contributed by atoms with Crippen molar-refractivity contribution in [2.75, 3.05) is 6.61 Å². The maximum Gasteiger partial charge on any atom is 0.0551 e. The van der Waals surface area contributed by atoms with Crippen molar-refractivity contribution >= 4 is 0 Å². The molecule has 4 atom stereocenters. The van der Waals surface area contributed by atoms with Crippen molar-refractivity contribution in [3.05, 3.63) is 0 Å². The van der Waals surface area contributed by atoms with E-state index in [1.54, 1.807) is 0 Å². The van der Waals surface area contributed by atoms with E-state index in [4.69, 9.17) is 10.5 Å². The molecule has 0 aromatic heterocycles. The van der Waals surface area contributed by atoms with Crippen molar-refractivity contribution in [3.63, 3.8) is 0 Å². The number of ether oxygens (including phenoxy) is 1. The van der Waals surface area contributed by atoms with Crippen molar-refractivity contribution in [2.45, 2.75) is 52.2 Å². The van der Waals surface area contributed by atoms with Crippen LogP contribution in [0.5, 0.6) is 0 Å². The molecule has 2 heteroatoms. The van der Waals surface area contributed by atoms with Crippen LogP contribution in [-0.4, -0.2) is 18.8 Å². The van der Waals surface area contributed by atoms with Gasteiger partial charge < -0.3 is 10.5 Å². The fourth-order valence-corrected chi connectivity index (χ4v) is 2.23. The van der Waals surface area contributed by atoms with Crippen molar-refractivity contribution in [1.29, 1.82) is 0 Å². The molecule has 0 aromatic carbocycles. The van der Waals surface area contributed by atoms with Gasteiger partial charge in [0.2, 0.25) is 0 Å². The summed E-state index contributed by atoms with van der Waals surface area (Å²) in [4.78, 5) is 0. The Bertz CT molecular complexity index is 149. The first-order valence-corrected chi connectivity index (χ1v) is 5.52. The summed E-state index contributed by atoms with van der Waals surface area (Å²) in [6, 6.07) is 0.338. The molecule has 2 N–H and O–H groups in total. The third-order valence-corrected chi connectivity index (χ3v) is 3.17. The van der Waals surface area contributed by atoms with Gasteiger partial charge in [-0.1, -0.05) is 20.3 Å². The molecule has 78 valence electrons. The van der Waals surface area contributed by atoms with Gasteiger partial charge in [-0.15, -0.1) is 0 Å². The summed E-state index contributed by atoms with van der Waals surface area (Å²) in [5.41, 5.74) is 6.19. The predicted octanol–water partition coefficient (Wildman–Crippen LogP) is 2.17. The largest absolute Gasteiger partial charge is 0.378 e. The third-order valence-electron chi connectivity index (χ3n) is 3.17. The molecule has 13 heavy (non-hydrogen) atoms. The Morgan fingerprint density at radius 3 is 2.69 bits per heavy atom. The van der Waals surface area contributed by atoms with Crippen LogP contribution < -0.4 is 5.73 Å². The molecule has 2 nitrogen and oxygen atoms in total. The summed E-state index contributed by atoms with van der Waals surface area (Å²) in [7, 11) is 0. The van der Waals surface area contributed by atoms with Gasteiger partial charge in [-0.2, -0.15) is 0 Å². The summed E-state index contributed by atoms with van der Waals surface area (Å²) in [6.45, 7) is 7.49. The van der Waals surface area contributed by atoms with Crippen LogP contribution in [-0.2, 0) is 4.74 Å². The molecule has 1 rings (SSSR count). The topological polar surface area (TPSA) is 35.2 Å². The fourth-order valence-electron chi connectivity index (χ4n) is 2.23. The van der Waals surface area contributed by atoms with Crippen LogP contribution in [0.15, 0.2) is 0 Å². The maximum absolute atomic E-state index is 6.19. The Labute approximate surface area is 81.8 Å². The molecule has 0 aromatic rings. The van der Waals surface area contributed by atoms with E-state index in [0.717, 1.165) is 13.0 Å². The zero-order valence-electron chi connectivity index (χ0n) is 9.12. The third kappa shape index (κ3) is 2.96. The Hall–Kier alpha value is -0.0800. The molecule has 0 spiro atoms. The average Bonchev–Trinajstić information content (AvgIpc) is 2.51. The number of hydrogen-bond donors (Lipinski definition) is 1. The second-order valence-electron chi connectivity index (χ2n) is 4.48. The first-order valence-electron chi connectivity index (χ1n) is 5.52. The second-order valence-corrected chi connectivity index (χ2v) is 4.48. The minimum absolute atomic E-state index is 0.338. The molecule has 1 saturated heterocycles. The smallest absolute Gasteiger partial charge is 0.0551 e. The molecule has 0 amide bonds. The first-order chi connectivity index (χ1) is 6.15. The maximum atomic E-state index is 6.19. The van der Waals surface area contributed by atoms with Crippen LogP contribution in [0.3, 0.4) is 0 Å². The summed E-state index contributed by atoms with van der Waals surface area (Å²) in [5.74, 6) is 1.24. The Kier molecular flexibility index (Phi) is 4.20. The normalized spacial score (nSPS) is 33.2. The molecule has 1 heterocycles. The molecular formula is C11H23NO. The Balaban J connectivity index is 2.33. The second kappa shape index (κ2) is 4.97. The first kappa shape index (κ1) is 11.0. The molecule has 1 fully saturated rings. The van der Waals surface area contributed by atoms with E-state index in [1.807, 2.05) is 0 Å². The van der Waals surface area contributed by atoms with Crippen molar-refractivity contribution < 1.29 is 4.74 Å². The molecule has 4 unspecified atom stereocenters. The van der Waals surface area contributed by atoms with Gasteiger partial charge in [0.15, 0.2) is 0 Å². The number of hydrogen-bond acceptors (Lipinski definition) is 2. The van der Waals surface area contributed by atoms with E-state index in [2.05, 4.69) is 20.8 Å². The summed E-state index contributed by atoms with van der Waals surface area (Å²) < 4.78 is 5.53. The number of rotatable bonds is 4. The lowest BCUT2D eigenvalue weighted by Gasteiger charge is -2.24. The van der Waals surface area contributed by atoms with Gasteiger partial charge in [-0.25, -0.2) is 0 Å². The molecule has 1 aliphatic heterocycles. The highest BCUT2D eigenvalue weighted by molar-refractivity contribution is 4.82. The predicted molar refractivity (Wildman–Crippen MR) is 55.6 cm³/mol. The monoisotopic (exact) mass is 185 g/mol. The lowest BCUT2D eigenvalue weighted by molar-refractivity contribution is 0.116. The highest BCUT2D eigenvalue weighted by Gasteiger charge is 2.29. The van der Waals surface area contributed by atoms with Crippen LogP contribution in [0.1, 0.15) is 40.0 Å². The SMILES string of the molecule is CCCC(C)C(N)C1COC(C)C1. The standard InChI is InChI=1S/C11H23NO/c1-4-5-8(2)11(12)10-6-9(3)13-7-10/h8-11H,4-7,12H2,1-3H3. The zero-order valence-corrected chi connectivity index (χ0v) is 9.12.